The van der Waals surface area contributed by atoms with Gasteiger partial charge in [-0.05, 0) is 29.7 Å². The first-order chi connectivity index (χ1) is 12.0. The number of para-hydroxylation sites is 1. The van der Waals surface area contributed by atoms with E-state index >= 15 is 0 Å². The van der Waals surface area contributed by atoms with E-state index in [0.717, 1.165) is 10.9 Å². The zero-order valence-corrected chi connectivity index (χ0v) is 14.1. The average molecular weight is 358 g/mol. The Bertz CT molecular complexity index is 866. The van der Waals surface area contributed by atoms with Crippen LogP contribution in [0.3, 0.4) is 0 Å². The van der Waals surface area contributed by atoms with Gasteiger partial charge in [0, 0.05) is 10.9 Å². The maximum Gasteiger partial charge on any atom is 0.475 e. The van der Waals surface area contributed by atoms with Crippen LogP contribution in [0, 0.1) is 0 Å². The Balaban J connectivity index is 1.75. The highest BCUT2D eigenvalue weighted by Crippen LogP contribution is 2.30. The fourth-order valence-electron chi connectivity index (χ4n) is 2.75. The molecule has 3 N–H and O–H groups in total. The predicted octanol–water partition coefficient (Wildman–Crippen LogP) is 2.37. The highest BCUT2D eigenvalue weighted by molar-refractivity contribution is 6.43. The summed E-state index contributed by atoms with van der Waals surface area (Å²) in [7, 11) is -1.72. The van der Waals surface area contributed by atoms with Gasteiger partial charge in [-0.2, -0.15) is 0 Å². The molecule has 7 heteroatoms. The van der Waals surface area contributed by atoms with E-state index in [-0.39, 0.29) is 24.0 Å². The molecule has 1 heterocycles. The van der Waals surface area contributed by atoms with Crippen LogP contribution in [0.2, 0.25) is 5.22 Å². The van der Waals surface area contributed by atoms with Crippen LogP contribution >= 0.6 is 11.6 Å². The Morgan fingerprint density at radius 2 is 1.80 bits per heavy atom. The van der Waals surface area contributed by atoms with E-state index in [1.807, 2.05) is 48.5 Å². The van der Waals surface area contributed by atoms with E-state index in [2.05, 4.69) is 5.32 Å². The van der Waals surface area contributed by atoms with Gasteiger partial charge in [0.15, 0.2) is 5.22 Å². The van der Waals surface area contributed by atoms with Crippen molar-refractivity contribution in [2.45, 2.75) is 18.8 Å². The highest BCUT2D eigenvalue weighted by atomic mass is 35.5. The smallest absolute Gasteiger partial charge is 0.444 e. The summed E-state index contributed by atoms with van der Waals surface area (Å²) >= 11 is 6.14. The van der Waals surface area contributed by atoms with Crippen LogP contribution in [-0.4, -0.2) is 29.0 Å². The zero-order chi connectivity index (χ0) is 17.8. The first-order valence-electron chi connectivity index (χ1n) is 7.90. The normalized spacial score (nSPS) is 12.1. The standard InChI is InChI=1S/C18H17BClNO4/c20-18-14(13-8-4-5-9-15(13)25-18)11-16(19(23)24)21-17(22)10-12-6-2-1-3-7-12/h1-9,16,23-24H,10-11H2,(H,21,22). The molecule has 0 aliphatic rings. The summed E-state index contributed by atoms with van der Waals surface area (Å²) in [6.45, 7) is 0. The van der Waals surface area contributed by atoms with Gasteiger partial charge in [0.1, 0.15) is 5.58 Å². The van der Waals surface area contributed by atoms with Crippen molar-refractivity contribution in [2.24, 2.45) is 0 Å². The topological polar surface area (TPSA) is 82.7 Å². The Labute approximate surface area is 150 Å². The summed E-state index contributed by atoms with van der Waals surface area (Å²) < 4.78 is 5.47. The summed E-state index contributed by atoms with van der Waals surface area (Å²) in [5.41, 5.74) is 2.10. The van der Waals surface area contributed by atoms with Crippen molar-refractivity contribution in [3.63, 3.8) is 0 Å². The lowest BCUT2D eigenvalue weighted by Gasteiger charge is -2.17. The summed E-state index contributed by atoms with van der Waals surface area (Å²) in [5, 5.41) is 22.9. The number of hydrogen-bond acceptors (Lipinski definition) is 4. The Morgan fingerprint density at radius 3 is 2.52 bits per heavy atom. The quantitative estimate of drug-likeness (QED) is 0.592. The van der Waals surface area contributed by atoms with Crippen molar-refractivity contribution in [3.05, 3.63) is 70.9 Å². The van der Waals surface area contributed by atoms with E-state index in [0.29, 0.717) is 11.1 Å². The first-order valence-corrected chi connectivity index (χ1v) is 8.27. The van der Waals surface area contributed by atoms with Crippen molar-refractivity contribution in [1.29, 1.82) is 0 Å². The number of furan rings is 1. The third-order valence-electron chi connectivity index (χ3n) is 3.99. The molecule has 0 saturated heterocycles. The summed E-state index contributed by atoms with van der Waals surface area (Å²) in [6, 6.07) is 16.5. The van der Waals surface area contributed by atoms with Gasteiger partial charge in [0.05, 0.1) is 12.4 Å². The molecule has 0 bridgehead atoms. The van der Waals surface area contributed by atoms with Gasteiger partial charge in [0.2, 0.25) is 5.91 Å². The van der Waals surface area contributed by atoms with Gasteiger partial charge in [0.25, 0.3) is 0 Å². The largest absolute Gasteiger partial charge is 0.475 e. The van der Waals surface area contributed by atoms with Crippen LogP contribution < -0.4 is 5.32 Å². The van der Waals surface area contributed by atoms with Crippen LogP contribution in [0.25, 0.3) is 11.0 Å². The lowest BCUT2D eigenvalue weighted by Crippen LogP contribution is -2.48. The monoisotopic (exact) mass is 357 g/mol. The molecule has 0 aliphatic carbocycles. The summed E-state index contributed by atoms with van der Waals surface area (Å²) in [6.07, 6.45) is 0.304. The molecule has 0 spiro atoms. The number of rotatable bonds is 6. The Kier molecular flexibility index (Phi) is 5.43. The van der Waals surface area contributed by atoms with E-state index in [1.165, 1.54) is 0 Å². The van der Waals surface area contributed by atoms with Gasteiger partial charge in [-0.15, -0.1) is 0 Å². The van der Waals surface area contributed by atoms with E-state index in [1.54, 1.807) is 6.07 Å². The molecule has 0 aliphatic heterocycles. The van der Waals surface area contributed by atoms with Crippen LogP contribution in [0.5, 0.6) is 0 Å². The molecule has 1 aromatic heterocycles. The molecule has 0 saturated carbocycles. The zero-order valence-electron chi connectivity index (χ0n) is 13.4. The van der Waals surface area contributed by atoms with Crippen molar-refractivity contribution in [2.75, 3.05) is 0 Å². The number of fused-ring (bicyclic) bond motifs is 1. The van der Waals surface area contributed by atoms with E-state index in [4.69, 9.17) is 16.0 Å². The SMILES string of the molecule is O=C(Cc1ccccc1)NC(Cc1c(Cl)oc2ccccc12)B(O)O. The minimum absolute atomic E-state index is 0.147. The Hall–Kier alpha value is -2.28. The average Bonchev–Trinajstić information content (AvgIpc) is 2.90. The van der Waals surface area contributed by atoms with Gasteiger partial charge in [-0.1, -0.05) is 48.5 Å². The van der Waals surface area contributed by atoms with Crippen LogP contribution in [0.4, 0.5) is 0 Å². The molecular weight excluding hydrogens is 340 g/mol. The lowest BCUT2D eigenvalue weighted by atomic mass is 9.75. The molecule has 3 rings (SSSR count). The number of amides is 1. The second-order valence-corrected chi connectivity index (χ2v) is 6.15. The molecule has 0 radical (unpaired) electrons. The Morgan fingerprint density at radius 1 is 1.12 bits per heavy atom. The minimum atomic E-state index is -1.72. The molecule has 25 heavy (non-hydrogen) atoms. The second-order valence-electron chi connectivity index (χ2n) is 5.80. The van der Waals surface area contributed by atoms with Crippen molar-refractivity contribution >= 4 is 35.6 Å². The number of nitrogens with one attached hydrogen (secondary N) is 1. The fraction of sp³-hybridized carbons (Fsp3) is 0.167. The number of benzene rings is 2. The summed E-state index contributed by atoms with van der Waals surface area (Å²) in [4.78, 5) is 12.2. The molecule has 0 fully saturated rings. The van der Waals surface area contributed by atoms with Crippen molar-refractivity contribution in [3.8, 4) is 0 Å². The van der Waals surface area contributed by atoms with Crippen LogP contribution in [0.1, 0.15) is 11.1 Å². The van der Waals surface area contributed by atoms with E-state index in [9.17, 15) is 14.8 Å². The predicted molar refractivity (Wildman–Crippen MR) is 97.2 cm³/mol. The molecule has 128 valence electrons. The van der Waals surface area contributed by atoms with Gasteiger partial charge < -0.3 is 19.8 Å². The third kappa shape index (κ3) is 4.23. The molecule has 1 unspecified atom stereocenters. The van der Waals surface area contributed by atoms with E-state index < -0.39 is 13.1 Å². The minimum Gasteiger partial charge on any atom is -0.444 e. The second kappa shape index (κ2) is 7.74. The third-order valence-corrected chi connectivity index (χ3v) is 4.29. The molecule has 5 nitrogen and oxygen atoms in total. The van der Waals surface area contributed by atoms with Gasteiger partial charge in [-0.3, -0.25) is 4.79 Å². The van der Waals surface area contributed by atoms with Gasteiger partial charge in [-0.25, -0.2) is 0 Å². The van der Waals surface area contributed by atoms with Crippen LogP contribution in [0.15, 0.2) is 59.0 Å². The molecule has 1 atom stereocenters. The number of hydrogen-bond donors (Lipinski definition) is 3. The first kappa shape index (κ1) is 17.5. The maximum absolute atomic E-state index is 12.2. The number of halogens is 1. The molecule has 2 aromatic carbocycles. The van der Waals surface area contributed by atoms with Crippen molar-refractivity contribution < 1.29 is 19.3 Å². The molecular formula is C18H17BClNO4. The lowest BCUT2D eigenvalue weighted by molar-refractivity contribution is -0.120. The van der Waals surface area contributed by atoms with Crippen molar-refractivity contribution in [1.82, 2.24) is 5.32 Å². The van der Waals surface area contributed by atoms with Crippen LogP contribution in [-0.2, 0) is 17.6 Å². The number of carbonyl (C=O) groups excluding carboxylic acids is 1. The maximum atomic E-state index is 12.2. The number of carbonyl (C=O) groups is 1. The summed E-state index contributed by atoms with van der Waals surface area (Å²) in [5.74, 6) is -1.19. The fourth-order valence-corrected chi connectivity index (χ4v) is 3.01. The highest BCUT2D eigenvalue weighted by Gasteiger charge is 2.28. The molecule has 3 aromatic rings. The molecule has 1 amide bonds. The van der Waals surface area contributed by atoms with Gasteiger partial charge >= 0.3 is 7.12 Å².